The Balaban J connectivity index is 4.47. The van der Waals surface area contributed by atoms with E-state index in [1.807, 2.05) is 0 Å². The Morgan fingerprint density at radius 1 is 0.967 bits per heavy atom. The van der Waals surface area contributed by atoms with E-state index < -0.39 is 34.4 Å². The molecule has 2 N–H and O–H groups in total. The molecule has 0 aliphatic rings. The highest BCUT2D eigenvalue weighted by Crippen LogP contribution is 2.12. The third-order valence-corrected chi connectivity index (χ3v) is 3.04. The Hall–Kier alpha value is -2.63. The van der Waals surface area contributed by atoms with Gasteiger partial charge in [0.05, 0.1) is 13.2 Å². The molecule has 0 bridgehead atoms. The van der Waals surface area contributed by atoms with E-state index in [4.69, 9.17) is 14.2 Å². The van der Waals surface area contributed by atoms with Crippen LogP contribution in [-0.4, -0.2) is 66.7 Å². The van der Waals surface area contributed by atoms with Crippen LogP contribution in [0.3, 0.4) is 0 Å². The maximum absolute atomic E-state index is 12.4. The molecule has 12 nitrogen and oxygen atoms in total. The highest BCUT2D eigenvalue weighted by molar-refractivity contribution is 5.83. The predicted octanol–water partition coefficient (Wildman–Crippen LogP) is 1.34. The fourth-order valence-electron chi connectivity index (χ4n) is 1.97. The summed E-state index contributed by atoms with van der Waals surface area (Å²) in [6.07, 6.45) is -0.828. The van der Waals surface area contributed by atoms with Gasteiger partial charge in [0, 0.05) is 13.0 Å². The summed E-state index contributed by atoms with van der Waals surface area (Å²) in [6, 6.07) is -1.06. The van der Waals surface area contributed by atoms with Crippen molar-refractivity contribution in [3.63, 3.8) is 0 Å². The first-order chi connectivity index (χ1) is 13.7. The largest absolute Gasteiger partial charge is 0.458 e. The standard InChI is InChI=1S/C18H33N3O9/c1-17(2,3)29-15(23)13(20-16(24)30-18(4,5)6)7-8-14(22)19-9-10-27-11-12-28-21(25)26/h13H,7-12H2,1-6H3,(H,19,22)(H,20,24). The number of esters is 1. The predicted molar refractivity (Wildman–Crippen MR) is 105 cm³/mol. The van der Waals surface area contributed by atoms with E-state index in [-0.39, 0.29) is 45.1 Å². The van der Waals surface area contributed by atoms with Crippen LogP contribution in [0.25, 0.3) is 0 Å². The third kappa shape index (κ3) is 16.3. The number of nitrogens with zero attached hydrogens (tertiary/aromatic N) is 1. The second-order valence-corrected chi connectivity index (χ2v) is 8.29. The van der Waals surface area contributed by atoms with Crippen LogP contribution >= 0.6 is 0 Å². The van der Waals surface area contributed by atoms with Crippen molar-refractivity contribution in [1.82, 2.24) is 10.6 Å². The molecular weight excluding hydrogens is 402 g/mol. The summed E-state index contributed by atoms with van der Waals surface area (Å²) in [5.41, 5.74) is -1.51. The zero-order chi connectivity index (χ0) is 23.4. The van der Waals surface area contributed by atoms with Crippen molar-refractivity contribution in [2.75, 3.05) is 26.4 Å². The smallest absolute Gasteiger partial charge is 0.408 e. The van der Waals surface area contributed by atoms with Gasteiger partial charge in [0.1, 0.15) is 23.9 Å². The van der Waals surface area contributed by atoms with E-state index in [1.54, 1.807) is 41.5 Å². The van der Waals surface area contributed by atoms with Gasteiger partial charge in [0.25, 0.3) is 5.09 Å². The SMILES string of the molecule is CC(C)(C)OC(=O)NC(CCC(=O)NCCOCCO[N+](=O)[O-])C(=O)OC(C)(C)C. The van der Waals surface area contributed by atoms with E-state index in [0.29, 0.717) is 0 Å². The van der Waals surface area contributed by atoms with Gasteiger partial charge in [-0.1, -0.05) is 0 Å². The first-order valence-corrected chi connectivity index (χ1v) is 9.54. The van der Waals surface area contributed by atoms with E-state index in [0.717, 1.165) is 0 Å². The highest BCUT2D eigenvalue weighted by atomic mass is 17.0. The van der Waals surface area contributed by atoms with Crippen LogP contribution < -0.4 is 10.6 Å². The first-order valence-electron chi connectivity index (χ1n) is 9.54. The van der Waals surface area contributed by atoms with Crippen molar-refractivity contribution < 1.29 is 38.5 Å². The number of carbonyl (C=O) groups is 3. The van der Waals surface area contributed by atoms with Crippen LogP contribution in [0.1, 0.15) is 54.4 Å². The van der Waals surface area contributed by atoms with E-state index in [2.05, 4.69) is 15.5 Å². The Bertz CT molecular complexity index is 582. The summed E-state index contributed by atoms with van der Waals surface area (Å²) in [5, 5.41) is 14.1. The number of rotatable bonds is 12. The molecule has 0 rings (SSSR count). The van der Waals surface area contributed by atoms with Crippen LogP contribution in [0.15, 0.2) is 0 Å². The molecule has 0 saturated carbocycles. The maximum atomic E-state index is 12.4. The number of hydrogen-bond donors (Lipinski definition) is 2. The number of alkyl carbamates (subject to hydrolysis) is 1. The van der Waals surface area contributed by atoms with Gasteiger partial charge >= 0.3 is 12.1 Å². The molecule has 0 spiro atoms. The van der Waals surface area contributed by atoms with Gasteiger partial charge in [-0.2, -0.15) is 0 Å². The Morgan fingerprint density at radius 3 is 2.10 bits per heavy atom. The summed E-state index contributed by atoms with van der Waals surface area (Å²) in [6.45, 7) is 10.3. The van der Waals surface area contributed by atoms with E-state index >= 15 is 0 Å². The number of ether oxygens (including phenoxy) is 3. The van der Waals surface area contributed by atoms with Crippen LogP contribution in [0.4, 0.5) is 4.79 Å². The molecule has 2 amide bonds. The molecule has 0 heterocycles. The van der Waals surface area contributed by atoms with E-state index in [9.17, 15) is 24.5 Å². The highest BCUT2D eigenvalue weighted by Gasteiger charge is 2.29. The molecule has 0 radical (unpaired) electrons. The minimum atomic E-state index is -1.06. The Labute approximate surface area is 176 Å². The topological polar surface area (TPSA) is 155 Å². The Morgan fingerprint density at radius 2 is 1.57 bits per heavy atom. The molecule has 174 valence electrons. The molecule has 0 aliphatic carbocycles. The number of amides is 2. The molecular formula is C18H33N3O9. The maximum Gasteiger partial charge on any atom is 0.408 e. The van der Waals surface area contributed by atoms with E-state index in [1.165, 1.54) is 0 Å². The van der Waals surface area contributed by atoms with Gasteiger partial charge in [0.15, 0.2) is 0 Å². The third-order valence-electron chi connectivity index (χ3n) is 3.04. The average molecular weight is 435 g/mol. The first kappa shape index (κ1) is 27.4. The molecule has 0 aromatic carbocycles. The normalized spacial score (nSPS) is 12.5. The molecule has 0 fully saturated rings. The minimum Gasteiger partial charge on any atom is -0.458 e. The van der Waals surface area contributed by atoms with Gasteiger partial charge in [-0.15, -0.1) is 10.1 Å². The minimum absolute atomic E-state index is 0.0113. The summed E-state index contributed by atoms with van der Waals surface area (Å²) in [5.74, 6) is -1.03. The van der Waals surface area contributed by atoms with Crippen molar-refractivity contribution in [1.29, 1.82) is 0 Å². The zero-order valence-corrected chi connectivity index (χ0v) is 18.4. The van der Waals surface area contributed by atoms with Crippen molar-refractivity contribution in [2.24, 2.45) is 0 Å². The second kappa shape index (κ2) is 12.8. The second-order valence-electron chi connectivity index (χ2n) is 8.29. The summed E-state index contributed by atoms with van der Waals surface area (Å²) >= 11 is 0. The zero-order valence-electron chi connectivity index (χ0n) is 18.4. The van der Waals surface area contributed by atoms with Crippen molar-refractivity contribution in [2.45, 2.75) is 71.6 Å². The lowest BCUT2D eigenvalue weighted by atomic mass is 10.1. The van der Waals surface area contributed by atoms with Crippen LogP contribution in [0.5, 0.6) is 0 Å². The van der Waals surface area contributed by atoms with Crippen molar-refractivity contribution in [3.05, 3.63) is 10.1 Å². The van der Waals surface area contributed by atoms with Gasteiger partial charge < -0.3 is 29.7 Å². The number of carbonyl (C=O) groups excluding carboxylic acids is 3. The summed E-state index contributed by atoms with van der Waals surface area (Å²) in [7, 11) is 0. The number of nitrogens with one attached hydrogen (secondary N) is 2. The van der Waals surface area contributed by atoms with Crippen LogP contribution in [0.2, 0.25) is 0 Å². The molecule has 1 unspecified atom stereocenters. The molecule has 0 aromatic heterocycles. The van der Waals surface area contributed by atoms with Gasteiger partial charge in [-0.25, -0.2) is 9.59 Å². The Kier molecular flexibility index (Phi) is 11.7. The molecule has 30 heavy (non-hydrogen) atoms. The summed E-state index contributed by atoms with van der Waals surface area (Å²) in [4.78, 5) is 50.4. The molecule has 12 heteroatoms. The van der Waals surface area contributed by atoms with Gasteiger partial charge in [-0.3, -0.25) is 4.79 Å². The fourth-order valence-corrected chi connectivity index (χ4v) is 1.97. The van der Waals surface area contributed by atoms with Gasteiger partial charge in [0.2, 0.25) is 5.91 Å². The monoisotopic (exact) mass is 435 g/mol. The van der Waals surface area contributed by atoms with Crippen LogP contribution in [0, 0.1) is 10.1 Å². The lowest BCUT2D eigenvalue weighted by Gasteiger charge is -2.26. The quantitative estimate of drug-likeness (QED) is 0.200. The van der Waals surface area contributed by atoms with Crippen LogP contribution in [-0.2, 0) is 28.6 Å². The molecule has 1 atom stereocenters. The molecule has 0 aliphatic heterocycles. The van der Waals surface area contributed by atoms with Crippen molar-refractivity contribution in [3.8, 4) is 0 Å². The number of hydrogen-bond acceptors (Lipinski definition) is 9. The van der Waals surface area contributed by atoms with Crippen molar-refractivity contribution >= 4 is 18.0 Å². The van der Waals surface area contributed by atoms with Gasteiger partial charge in [-0.05, 0) is 48.0 Å². The fraction of sp³-hybridized carbons (Fsp3) is 0.833. The molecule has 0 saturated heterocycles. The lowest BCUT2D eigenvalue weighted by Crippen LogP contribution is -2.46. The average Bonchev–Trinajstić information content (AvgIpc) is 2.54. The molecule has 0 aromatic rings. The lowest BCUT2D eigenvalue weighted by molar-refractivity contribution is -0.758. The summed E-state index contributed by atoms with van der Waals surface area (Å²) < 4.78 is 15.5.